The van der Waals surface area contributed by atoms with Gasteiger partial charge in [-0.1, -0.05) is 53.2 Å². The van der Waals surface area contributed by atoms with Crippen LogP contribution >= 0.6 is 35.0 Å². The SMILES string of the molecule is CCn1c(SCc2cccc(Cl)c2)nnc1C(C)Oc1cc(C)ccc1Cl. The molecule has 1 atom stereocenters. The van der Waals surface area contributed by atoms with E-state index < -0.39 is 0 Å². The highest BCUT2D eigenvalue weighted by atomic mass is 35.5. The fourth-order valence-corrected chi connectivity index (χ4v) is 4.05. The molecule has 0 N–H and O–H groups in total. The summed E-state index contributed by atoms with van der Waals surface area (Å²) < 4.78 is 8.14. The van der Waals surface area contributed by atoms with E-state index in [0.717, 1.165) is 39.4 Å². The average Bonchev–Trinajstić information content (AvgIpc) is 3.06. The lowest BCUT2D eigenvalue weighted by molar-refractivity contribution is 0.210. The monoisotopic (exact) mass is 421 g/mol. The van der Waals surface area contributed by atoms with Crippen LogP contribution in [0.3, 0.4) is 0 Å². The molecule has 0 saturated heterocycles. The maximum Gasteiger partial charge on any atom is 0.191 e. The van der Waals surface area contributed by atoms with Crippen molar-refractivity contribution in [3.63, 3.8) is 0 Å². The number of aromatic nitrogens is 3. The van der Waals surface area contributed by atoms with E-state index in [1.807, 2.05) is 50.2 Å². The minimum absolute atomic E-state index is 0.266. The van der Waals surface area contributed by atoms with Gasteiger partial charge in [-0.05, 0) is 56.2 Å². The van der Waals surface area contributed by atoms with E-state index in [2.05, 4.69) is 27.8 Å². The zero-order valence-electron chi connectivity index (χ0n) is 15.4. The summed E-state index contributed by atoms with van der Waals surface area (Å²) in [6.45, 7) is 6.80. The molecule has 0 fully saturated rings. The van der Waals surface area contributed by atoms with E-state index >= 15 is 0 Å². The highest BCUT2D eigenvalue weighted by molar-refractivity contribution is 7.98. The smallest absolute Gasteiger partial charge is 0.191 e. The molecule has 0 aliphatic carbocycles. The van der Waals surface area contributed by atoms with Crippen molar-refractivity contribution in [3.05, 3.63) is 69.5 Å². The summed E-state index contributed by atoms with van der Waals surface area (Å²) in [5.74, 6) is 2.21. The molecule has 2 aromatic carbocycles. The highest BCUT2D eigenvalue weighted by Crippen LogP contribution is 2.31. The topological polar surface area (TPSA) is 39.9 Å². The van der Waals surface area contributed by atoms with Crippen molar-refractivity contribution >= 4 is 35.0 Å². The van der Waals surface area contributed by atoms with Crippen LogP contribution in [0.5, 0.6) is 5.75 Å². The van der Waals surface area contributed by atoms with E-state index in [9.17, 15) is 0 Å². The standard InChI is InChI=1S/C20H21Cl2N3OS/c1-4-25-19(14(3)26-18-10-13(2)8-9-17(18)22)23-24-20(25)27-12-15-6-5-7-16(21)11-15/h5-11,14H,4,12H2,1-3H3. The Labute approximate surface area is 173 Å². The van der Waals surface area contributed by atoms with Crippen molar-refractivity contribution in [2.45, 2.75) is 44.3 Å². The predicted molar refractivity (Wildman–Crippen MR) is 112 cm³/mol. The second-order valence-electron chi connectivity index (χ2n) is 6.20. The zero-order chi connectivity index (χ0) is 19.4. The number of ether oxygens (including phenoxy) is 1. The zero-order valence-corrected chi connectivity index (χ0v) is 17.8. The molecular weight excluding hydrogens is 401 g/mol. The first-order chi connectivity index (χ1) is 13.0. The van der Waals surface area contributed by atoms with E-state index in [-0.39, 0.29) is 6.10 Å². The van der Waals surface area contributed by atoms with Gasteiger partial charge in [0.1, 0.15) is 5.75 Å². The van der Waals surface area contributed by atoms with Crippen LogP contribution in [0, 0.1) is 6.92 Å². The Morgan fingerprint density at radius 3 is 2.70 bits per heavy atom. The quantitative estimate of drug-likeness (QED) is 0.416. The van der Waals surface area contributed by atoms with E-state index in [4.69, 9.17) is 27.9 Å². The molecule has 7 heteroatoms. The third kappa shape index (κ3) is 4.98. The first-order valence-corrected chi connectivity index (χ1v) is 10.4. The summed E-state index contributed by atoms with van der Waals surface area (Å²) in [5, 5.41) is 10.9. The summed E-state index contributed by atoms with van der Waals surface area (Å²) in [6.07, 6.45) is -0.266. The normalized spacial score (nSPS) is 12.2. The number of benzene rings is 2. The number of hydrogen-bond donors (Lipinski definition) is 0. The van der Waals surface area contributed by atoms with Gasteiger partial charge in [-0.3, -0.25) is 0 Å². The molecule has 1 heterocycles. The molecule has 0 saturated carbocycles. The lowest BCUT2D eigenvalue weighted by Crippen LogP contribution is -2.12. The van der Waals surface area contributed by atoms with Gasteiger partial charge in [0, 0.05) is 17.3 Å². The van der Waals surface area contributed by atoms with Crippen molar-refractivity contribution in [3.8, 4) is 5.75 Å². The largest absolute Gasteiger partial charge is 0.481 e. The van der Waals surface area contributed by atoms with Crippen LogP contribution in [0.25, 0.3) is 0 Å². The van der Waals surface area contributed by atoms with Crippen molar-refractivity contribution < 1.29 is 4.74 Å². The molecule has 0 amide bonds. The Morgan fingerprint density at radius 1 is 1.15 bits per heavy atom. The molecule has 0 radical (unpaired) electrons. The van der Waals surface area contributed by atoms with Crippen LogP contribution < -0.4 is 4.74 Å². The van der Waals surface area contributed by atoms with Crippen molar-refractivity contribution in [2.75, 3.05) is 0 Å². The maximum atomic E-state index is 6.25. The second-order valence-corrected chi connectivity index (χ2v) is 7.98. The third-order valence-corrected chi connectivity index (χ3v) is 5.66. The van der Waals surface area contributed by atoms with Gasteiger partial charge in [0.05, 0.1) is 5.02 Å². The van der Waals surface area contributed by atoms with Gasteiger partial charge in [0.15, 0.2) is 17.1 Å². The molecule has 3 aromatic rings. The highest BCUT2D eigenvalue weighted by Gasteiger charge is 2.19. The van der Waals surface area contributed by atoms with Gasteiger partial charge in [-0.25, -0.2) is 0 Å². The molecule has 27 heavy (non-hydrogen) atoms. The second kappa shape index (κ2) is 9.00. The molecule has 0 spiro atoms. The number of hydrogen-bond acceptors (Lipinski definition) is 4. The Balaban J connectivity index is 1.75. The predicted octanol–water partition coefficient (Wildman–Crippen LogP) is 6.35. The molecule has 1 unspecified atom stereocenters. The molecule has 0 bridgehead atoms. The maximum absolute atomic E-state index is 6.25. The van der Waals surface area contributed by atoms with Crippen LogP contribution in [0.2, 0.25) is 10.0 Å². The Bertz CT molecular complexity index is 929. The van der Waals surface area contributed by atoms with Crippen LogP contribution in [0.15, 0.2) is 47.6 Å². The first-order valence-electron chi connectivity index (χ1n) is 8.71. The van der Waals surface area contributed by atoms with Crippen LogP contribution in [0.1, 0.15) is 36.9 Å². The van der Waals surface area contributed by atoms with E-state index in [1.165, 1.54) is 0 Å². The van der Waals surface area contributed by atoms with Crippen LogP contribution in [0.4, 0.5) is 0 Å². The number of nitrogens with zero attached hydrogens (tertiary/aromatic N) is 3. The summed E-state index contributed by atoms with van der Waals surface area (Å²) in [6, 6.07) is 13.6. The number of rotatable bonds is 7. The molecule has 4 nitrogen and oxygen atoms in total. The third-order valence-electron chi connectivity index (χ3n) is 4.07. The van der Waals surface area contributed by atoms with Gasteiger partial charge in [0.25, 0.3) is 0 Å². The average molecular weight is 422 g/mol. The van der Waals surface area contributed by atoms with Crippen molar-refractivity contribution in [1.82, 2.24) is 14.8 Å². The van der Waals surface area contributed by atoms with Gasteiger partial charge in [0.2, 0.25) is 0 Å². The van der Waals surface area contributed by atoms with Gasteiger partial charge >= 0.3 is 0 Å². The fourth-order valence-electron chi connectivity index (χ4n) is 2.72. The van der Waals surface area contributed by atoms with Gasteiger partial charge < -0.3 is 9.30 Å². The van der Waals surface area contributed by atoms with Crippen molar-refractivity contribution in [1.29, 1.82) is 0 Å². The molecule has 0 aliphatic heterocycles. The lowest BCUT2D eigenvalue weighted by Gasteiger charge is -2.17. The Morgan fingerprint density at radius 2 is 1.96 bits per heavy atom. The van der Waals surface area contributed by atoms with Crippen LogP contribution in [-0.4, -0.2) is 14.8 Å². The Hall–Kier alpha value is -1.69. The summed E-state index contributed by atoms with van der Waals surface area (Å²) in [4.78, 5) is 0. The molecular formula is C20H21Cl2N3OS. The molecule has 3 rings (SSSR count). The summed E-state index contributed by atoms with van der Waals surface area (Å²) in [7, 11) is 0. The van der Waals surface area contributed by atoms with E-state index in [1.54, 1.807) is 11.8 Å². The number of thioether (sulfide) groups is 1. The Kier molecular flexibility index (Phi) is 6.68. The molecule has 0 aliphatic rings. The number of aryl methyl sites for hydroxylation is 1. The fraction of sp³-hybridized carbons (Fsp3) is 0.300. The summed E-state index contributed by atoms with van der Waals surface area (Å²) >= 11 is 13.9. The van der Waals surface area contributed by atoms with Gasteiger partial charge in [-0.2, -0.15) is 0 Å². The first kappa shape index (κ1) is 20.1. The number of halogens is 2. The molecule has 142 valence electrons. The van der Waals surface area contributed by atoms with Crippen molar-refractivity contribution in [2.24, 2.45) is 0 Å². The molecule has 1 aromatic heterocycles. The minimum atomic E-state index is -0.266. The van der Waals surface area contributed by atoms with Crippen LogP contribution in [-0.2, 0) is 12.3 Å². The lowest BCUT2D eigenvalue weighted by atomic mass is 10.2. The van der Waals surface area contributed by atoms with Gasteiger partial charge in [-0.15, -0.1) is 10.2 Å². The summed E-state index contributed by atoms with van der Waals surface area (Å²) in [5.41, 5.74) is 2.24. The van der Waals surface area contributed by atoms with E-state index in [0.29, 0.717) is 10.8 Å². The minimum Gasteiger partial charge on any atom is -0.481 e.